The molecule has 1 amide bonds. The van der Waals surface area contributed by atoms with Crippen molar-refractivity contribution in [3.05, 3.63) is 42.5 Å². The lowest BCUT2D eigenvalue weighted by Gasteiger charge is -2.17. The number of para-hydroxylation sites is 1. The summed E-state index contributed by atoms with van der Waals surface area (Å²) in [7, 11) is 0. The smallest absolute Gasteiger partial charge is 0.261 e. The molecule has 0 bridgehead atoms. The van der Waals surface area contributed by atoms with Gasteiger partial charge in [0, 0.05) is 18.7 Å². The number of ether oxygens (including phenoxy) is 1. The SMILES string of the molecule is C=CCNC(=O)C(C)Oc1ccccc1CNCC(C)C. The van der Waals surface area contributed by atoms with E-state index < -0.39 is 6.10 Å². The van der Waals surface area contributed by atoms with E-state index in [0.29, 0.717) is 12.5 Å². The number of hydrogen-bond acceptors (Lipinski definition) is 3. The molecule has 4 heteroatoms. The summed E-state index contributed by atoms with van der Waals surface area (Å²) in [6.07, 6.45) is 1.12. The Labute approximate surface area is 127 Å². The topological polar surface area (TPSA) is 50.4 Å². The molecule has 1 aromatic rings. The number of carbonyl (C=O) groups is 1. The van der Waals surface area contributed by atoms with E-state index in [0.717, 1.165) is 24.4 Å². The Morgan fingerprint density at radius 1 is 1.33 bits per heavy atom. The van der Waals surface area contributed by atoms with Crippen LogP contribution in [0.3, 0.4) is 0 Å². The minimum Gasteiger partial charge on any atom is -0.481 e. The van der Waals surface area contributed by atoms with Gasteiger partial charge in [0.2, 0.25) is 0 Å². The van der Waals surface area contributed by atoms with E-state index >= 15 is 0 Å². The summed E-state index contributed by atoms with van der Waals surface area (Å²) in [6.45, 7) is 11.8. The van der Waals surface area contributed by atoms with Gasteiger partial charge in [0.25, 0.3) is 5.91 Å². The van der Waals surface area contributed by atoms with Gasteiger partial charge in [-0.15, -0.1) is 6.58 Å². The molecule has 2 N–H and O–H groups in total. The van der Waals surface area contributed by atoms with Crippen molar-refractivity contribution < 1.29 is 9.53 Å². The number of benzene rings is 1. The average Bonchev–Trinajstić information content (AvgIpc) is 2.46. The molecule has 0 heterocycles. The van der Waals surface area contributed by atoms with Crippen LogP contribution in [0.4, 0.5) is 0 Å². The monoisotopic (exact) mass is 290 g/mol. The lowest BCUT2D eigenvalue weighted by molar-refractivity contribution is -0.127. The number of rotatable bonds is 9. The maximum atomic E-state index is 11.8. The zero-order chi connectivity index (χ0) is 15.7. The summed E-state index contributed by atoms with van der Waals surface area (Å²) in [6, 6.07) is 7.79. The van der Waals surface area contributed by atoms with Crippen molar-refractivity contribution in [3.8, 4) is 5.75 Å². The third kappa shape index (κ3) is 6.45. The molecule has 1 aromatic carbocycles. The predicted molar refractivity (Wildman–Crippen MR) is 86.3 cm³/mol. The highest BCUT2D eigenvalue weighted by Crippen LogP contribution is 2.19. The molecule has 0 aliphatic rings. The molecular formula is C17H26N2O2. The summed E-state index contributed by atoms with van der Waals surface area (Å²) in [5.74, 6) is 1.21. The third-order valence-corrected chi connectivity index (χ3v) is 2.93. The molecular weight excluding hydrogens is 264 g/mol. The van der Waals surface area contributed by atoms with Crippen molar-refractivity contribution in [1.29, 1.82) is 0 Å². The van der Waals surface area contributed by atoms with Crippen LogP contribution in [0.25, 0.3) is 0 Å². The molecule has 0 fully saturated rings. The van der Waals surface area contributed by atoms with Crippen LogP contribution in [0, 0.1) is 5.92 Å². The van der Waals surface area contributed by atoms with Crippen molar-refractivity contribution in [2.24, 2.45) is 5.92 Å². The van der Waals surface area contributed by atoms with Gasteiger partial charge >= 0.3 is 0 Å². The van der Waals surface area contributed by atoms with E-state index in [9.17, 15) is 4.79 Å². The number of hydrogen-bond donors (Lipinski definition) is 2. The number of nitrogens with one attached hydrogen (secondary N) is 2. The van der Waals surface area contributed by atoms with E-state index in [1.165, 1.54) is 0 Å². The first-order valence-electron chi connectivity index (χ1n) is 7.38. The summed E-state index contributed by atoms with van der Waals surface area (Å²) in [4.78, 5) is 11.8. The Morgan fingerprint density at radius 3 is 2.71 bits per heavy atom. The minimum absolute atomic E-state index is 0.139. The zero-order valence-corrected chi connectivity index (χ0v) is 13.2. The molecule has 116 valence electrons. The second kappa shape index (κ2) is 9.19. The average molecular weight is 290 g/mol. The molecule has 0 radical (unpaired) electrons. The molecule has 1 unspecified atom stereocenters. The van der Waals surface area contributed by atoms with Crippen LogP contribution in [-0.4, -0.2) is 25.1 Å². The summed E-state index contributed by atoms with van der Waals surface area (Å²) >= 11 is 0. The van der Waals surface area contributed by atoms with Crippen LogP contribution in [0.5, 0.6) is 5.75 Å². The molecule has 1 rings (SSSR count). The number of carbonyl (C=O) groups excluding carboxylic acids is 1. The highest BCUT2D eigenvalue weighted by molar-refractivity contribution is 5.80. The van der Waals surface area contributed by atoms with Crippen LogP contribution in [-0.2, 0) is 11.3 Å². The van der Waals surface area contributed by atoms with Gasteiger partial charge in [-0.2, -0.15) is 0 Å². The number of amides is 1. The maximum Gasteiger partial charge on any atom is 0.261 e. The maximum absolute atomic E-state index is 11.8. The molecule has 0 aliphatic carbocycles. The van der Waals surface area contributed by atoms with Gasteiger partial charge < -0.3 is 15.4 Å². The van der Waals surface area contributed by atoms with Crippen LogP contribution in [0.15, 0.2) is 36.9 Å². The summed E-state index contributed by atoms with van der Waals surface area (Å²) < 4.78 is 5.78. The van der Waals surface area contributed by atoms with E-state index in [1.807, 2.05) is 24.3 Å². The highest BCUT2D eigenvalue weighted by atomic mass is 16.5. The van der Waals surface area contributed by atoms with Gasteiger partial charge in [0.15, 0.2) is 6.10 Å². The first kappa shape index (κ1) is 17.2. The second-order valence-corrected chi connectivity index (χ2v) is 5.43. The van der Waals surface area contributed by atoms with Gasteiger partial charge in [-0.1, -0.05) is 38.1 Å². The van der Waals surface area contributed by atoms with Crippen molar-refractivity contribution >= 4 is 5.91 Å². The fourth-order valence-electron chi connectivity index (χ4n) is 1.82. The lowest BCUT2D eigenvalue weighted by Crippen LogP contribution is -2.36. The lowest BCUT2D eigenvalue weighted by atomic mass is 10.1. The van der Waals surface area contributed by atoms with Gasteiger partial charge in [-0.25, -0.2) is 0 Å². The van der Waals surface area contributed by atoms with Crippen molar-refractivity contribution in [2.45, 2.75) is 33.4 Å². The summed E-state index contributed by atoms with van der Waals surface area (Å²) in [5.41, 5.74) is 1.06. The second-order valence-electron chi connectivity index (χ2n) is 5.43. The summed E-state index contributed by atoms with van der Waals surface area (Å²) in [5, 5.41) is 6.12. The molecule has 1 atom stereocenters. The zero-order valence-electron chi connectivity index (χ0n) is 13.2. The van der Waals surface area contributed by atoms with Crippen molar-refractivity contribution in [2.75, 3.05) is 13.1 Å². The van der Waals surface area contributed by atoms with Crippen LogP contribution in [0.2, 0.25) is 0 Å². The molecule has 0 aromatic heterocycles. The Kier molecular flexibility index (Phi) is 7.54. The van der Waals surface area contributed by atoms with E-state index in [-0.39, 0.29) is 5.91 Å². The quantitative estimate of drug-likeness (QED) is 0.687. The molecule has 0 saturated heterocycles. The molecule has 0 saturated carbocycles. The van der Waals surface area contributed by atoms with Crippen molar-refractivity contribution in [3.63, 3.8) is 0 Å². The van der Waals surface area contributed by atoms with Gasteiger partial charge in [0.1, 0.15) is 5.75 Å². The Bertz CT molecular complexity index is 458. The minimum atomic E-state index is -0.531. The first-order valence-corrected chi connectivity index (χ1v) is 7.38. The van der Waals surface area contributed by atoms with Gasteiger partial charge in [-0.3, -0.25) is 4.79 Å². The van der Waals surface area contributed by atoms with Crippen LogP contribution < -0.4 is 15.4 Å². The fourth-order valence-corrected chi connectivity index (χ4v) is 1.82. The van der Waals surface area contributed by atoms with Crippen LogP contribution in [0.1, 0.15) is 26.3 Å². The largest absolute Gasteiger partial charge is 0.481 e. The highest BCUT2D eigenvalue weighted by Gasteiger charge is 2.15. The fraction of sp³-hybridized carbons (Fsp3) is 0.471. The predicted octanol–water partition coefficient (Wildman–Crippen LogP) is 2.50. The van der Waals surface area contributed by atoms with Crippen molar-refractivity contribution in [1.82, 2.24) is 10.6 Å². The molecule has 21 heavy (non-hydrogen) atoms. The molecule has 0 spiro atoms. The Balaban J connectivity index is 2.61. The molecule has 4 nitrogen and oxygen atoms in total. The van der Waals surface area contributed by atoms with Gasteiger partial charge in [0.05, 0.1) is 0 Å². The Hall–Kier alpha value is -1.81. The van der Waals surface area contributed by atoms with E-state index in [4.69, 9.17) is 4.74 Å². The third-order valence-electron chi connectivity index (χ3n) is 2.93. The molecule has 0 aliphatic heterocycles. The van der Waals surface area contributed by atoms with Crippen LogP contribution >= 0.6 is 0 Å². The standard InChI is InChI=1S/C17H26N2O2/c1-5-10-19-17(20)14(4)21-16-9-7-6-8-15(16)12-18-11-13(2)3/h5-9,13-14,18H,1,10-12H2,2-4H3,(H,19,20). The van der Waals surface area contributed by atoms with E-state index in [1.54, 1.807) is 13.0 Å². The Morgan fingerprint density at radius 2 is 2.05 bits per heavy atom. The first-order chi connectivity index (χ1) is 10.0. The normalized spacial score (nSPS) is 12.0. The van der Waals surface area contributed by atoms with Gasteiger partial charge in [-0.05, 0) is 25.5 Å². The van der Waals surface area contributed by atoms with E-state index in [2.05, 4.69) is 31.1 Å².